The normalized spacial score (nSPS) is 12.6. The molecule has 152 valence electrons. The van der Waals surface area contributed by atoms with Gasteiger partial charge in [-0.15, -0.1) is 0 Å². The summed E-state index contributed by atoms with van der Waals surface area (Å²) in [4.78, 5) is 14.8. The van der Waals surface area contributed by atoms with Crippen molar-refractivity contribution < 1.29 is 17.4 Å². The van der Waals surface area contributed by atoms with Crippen molar-refractivity contribution >= 4 is 27.6 Å². The van der Waals surface area contributed by atoms with Crippen LogP contribution in [-0.4, -0.2) is 30.5 Å². The van der Waals surface area contributed by atoms with Crippen LogP contribution in [0.3, 0.4) is 0 Å². The molecule has 5 nitrogen and oxygen atoms in total. The Bertz CT molecular complexity index is 910. The lowest BCUT2D eigenvalue weighted by Crippen LogP contribution is -2.37. The fraction of sp³-hybridized carbons (Fsp3) is 0.381. The van der Waals surface area contributed by atoms with Gasteiger partial charge >= 0.3 is 10.1 Å². The van der Waals surface area contributed by atoms with Gasteiger partial charge in [0.25, 0.3) is 5.91 Å². The largest absolute Gasteiger partial charge is 0.382 e. The number of nitrogens with zero attached hydrogens (tertiary/aromatic N) is 1. The fourth-order valence-corrected chi connectivity index (χ4v) is 3.30. The third-order valence-electron chi connectivity index (χ3n) is 4.55. The second-order valence-electron chi connectivity index (χ2n) is 6.94. The van der Waals surface area contributed by atoms with Gasteiger partial charge < -0.3 is 9.08 Å². The highest BCUT2D eigenvalue weighted by Gasteiger charge is 2.23. The van der Waals surface area contributed by atoms with Crippen LogP contribution in [0.2, 0.25) is 5.02 Å². The number of hydrogen-bond donors (Lipinski definition) is 0. The first kappa shape index (κ1) is 22.2. The summed E-state index contributed by atoms with van der Waals surface area (Å²) in [6, 6.07) is 13.7. The van der Waals surface area contributed by atoms with Crippen LogP contribution in [0.4, 0.5) is 0 Å². The average Bonchev–Trinajstić information content (AvgIpc) is 2.66. The van der Waals surface area contributed by atoms with E-state index in [2.05, 4.69) is 0 Å². The molecule has 2 aromatic rings. The second-order valence-corrected chi connectivity index (χ2v) is 9.44. The predicted molar refractivity (Wildman–Crippen MR) is 112 cm³/mol. The molecule has 28 heavy (non-hydrogen) atoms. The van der Waals surface area contributed by atoms with Gasteiger partial charge in [-0.2, -0.15) is 8.42 Å². The van der Waals surface area contributed by atoms with Gasteiger partial charge in [0.15, 0.2) is 0 Å². The van der Waals surface area contributed by atoms with E-state index in [1.165, 1.54) is 0 Å². The number of rotatable bonds is 8. The molecule has 0 spiro atoms. The van der Waals surface area contributed by atoms with Gasteiger partial charge in [-0.1, -0.05) is 42.8 Å². The Morgan fingerprint density at radius 1 is 1.07 bits per heavy atom. The third-order valence-corrected chi connectivity index (χ3v) is 6.46. The molecule has 0 radical (unpaired) electrons. The van der Waals surface area contributed by atoms with Crippen LogP contribution < -0.4 is 4.18 Å². The smallest absolute Gasteiger partial charge is 0.311 e. The quantitative estimate of drug-likeness (QED) is 0.566. The molecule has 0 N–H and O–H groups in total. The number of amides is 1. The number of carbonyl (C=O) groups excluding carboxylic acids is 1. The van der Waals surface area contributed by atoms with Crippen molar-refractivity contribution in [3.8, 4) is 5.75 Å². The van der Waals surface area contributed by atoms with Gasteiger partial charge in [-0.25, -0.2) is 0 Å². The number of halogens is 1. The molecule has 0 saturated heterocycles. The molecule has 7 heteroatoms. The summed E-state index contributed by atoms with van der Waals surface area (Å²) in [5, 5.41) is -0.204. The van der Waals surface area contributed by atoms with E-state index >= 15 is 0 Å². The lowest BCUT2D eigenvalue weighted by molar-refractivity contribution is 0.0672. The molecule has 0 aliphatic rings. The second kappa shape index (κ2) is 9.43. The molecule has 0 fully saturated rings. The SMILES string of the molecule is CCC(C)N(Cc1ccc(OS(=O)(=O)C(C)C)cc1)C(=O)c1ccccc1Cl. The van der Waals surface area contributed by atoms with Crippen LogP contribution >= 0.6 is 11.6 Å². The van der Waals surface area contributed by atoms with E-state index in [1.54, 1.807) is 67.3 Å². The molecule has 0 heterocycles. The molecule has 0 aliphatic carbocycles. The van der Waals surface area contributed by atoms with Crippen LogP contribution in [0.1, 0.15) is 50.0 Å². The summed E-state index contributed by atoms with van der Waals surface area (Å²) in [7, 11) is -3.64. The maximum absolute atomic E-state index is 13.0. The van der Waals surface area contributed by atoms with Crippen molar-refractivity contribution in [2.45, 2.75) is 52.0 Å². The van der Waals surface area contributed by atoms with E-state index < -0.39 is 15.4 Å². The zero-order valence-electron chi connectivity index (χ0n) is 16.6. The molecule has 1 unspecified atom stereocenters. The Balaban J connectivity index is 2.21. The van der Waals surface area contributed by atoms with Gasteiger partial charge in [0, 0.05) is 12.6 Å². The van der Waals surface area contributed by atoms with Crippen molar-refractivity contribution in [2.75, 3.05) is 0 Å². The molecule has 1 atom stereocenters. The molecule has 0 bridgehead atoms. The zero-order valence-corrected chi connectivity index (χ0v) is 18.1. The minimum atomic E-state index is -3.64. The molecule has 0 saturated carbocycles. The highest BCUT2D eigenvalue weighted by atomic mass is 35.5. The van der Waals surface area contributed by atoms with Crippen molar-refractivity contribution in [3.63, 3.8) is 0 Å². The van der Waals surface area contributed by atoms with Gasteiger partial charge in [0.1, 0.15) is 5.75 Å². The van der Waals surface area contributed by atoms with E-state index in [4.69, 9.17) is 15.8 Å². The zero-order chi connectivity index (χ0) is 20.9. The minimum Gasteiger partial charge on any atom is -0.382 e. The number of hydrogen-bond acceptors (Lipinski definition) is 4. The van der Waals surface area contributed by atoms with E-state index in [1.807, 2.05) is 13.8 Å². The maximum Gasteiger partial charge on any atom is 0.311 e. The summed E-state index contributed by atoms with van der Waals surface area (Å²) >= 11 is 6.20. The molecule has 2 aromatic carbocycles. The van der Waals surface area contributed by atoms with Crippen LogP contribution in [0.5, 0.6) is 5.75 Å². The Kier molecular flexibility index (Phi) is 7.49. The number of carbonyl (C=O) groups is 1. The van der Waals surface area contributed by atoms with Crippen LogP contribution in [0, 0.1) is 0 Å². The van der Waals surface area contributed by atoms with Crippen molar-refractivity contribution in [1.82, 2.24) is 4.90 Å². The Hall–Kier alpha value is -2.05. The average molecular weight is 424 g/mol. The summed E-state index contributed by atoms with van der Waals surface area (Å²) in [6.45, 7) is 7.52. The summed E-state index contributed by atoms with van der Waals surface area (Å²) in [5.41, 5.74) is 1.34. The first-order valence-electron chi connectivity index (χ1n) is 9.23. The third kappa shape index (κ3) is 5.49. The lowest BCUT2D eigenvalue weighted by atomic mass is 10.1. The van der Waals surface area contributed by atoms with Gasteiger partial charge in [-0.05, 0) is 57.0 Å². The lowest BCUT2D eigenvalue weighted by Gasteiger charge is -2.29. The highest BCUT2D eigenvalue weighted by Crippen LogP contribution is 2.22. The van der Waals surface area contributed by atoms with E-state index in [0.717, 1.165) is 12.0 Å². The highest BCUT2D eigenvalue weighted by molar-refractivity contribution is 7.87. The van der Waals surface area contributed by atoms with Gasteiger partial charge in [-0.3, -0.25) is 4.79 Å². The molecular formula is C21H26ClNO4S. The summed E-state index contributed by atoms with van der Waals surface area (Å²) in [5.74, 6) is 0.118. The first-order chi connectivity index (χ1) is 13.2. The minimum absolute atomic E-state index is 0.0148. The summed E-state index contributed by atoms with van der Waals surface area (Å²) < 4.78 is 28.9. The molecular weight excluding hydrogens is 398 g/mol. The number of benzene rings is 2. The van der Waals surface area contributed by atoms with Crippen molar-refractivity contribution in [3.05, 3.63) is 64.7 Å². The van der Waals surface area contributed by atoms with E-state index in [9.17, 15) is 13.2 Å². The Labute approximate surface area is 172 Å². The molecule has 1 amide bonds. The van der Waals surface area contributed by atoms with Crippen LogP contribution in [-0.2, 0) is 16.7 Å². The Morgan fingerprint density at radius 2 is 1.68 bits per heavy atom. The van der Waals surface area contributed by atoms with E-state index in [0.29, 0.717) is 17.1 Å². The first-order valence-corrected chi connectivity index (χ1v) is 11.1. The summed E-state index contributed by atoms with van der Waals surface area (Å²) in [6.07, 6.45) is 0.796. The van der Waals surface area contributed by atoms with Crippen molar-refractivity contribution in [2.24, 2.45) is 0 Å². The maximum atomic E-state index is 13.0. The topological polar surface area (TPSA) is 63.7 Å². The van der Waals surface area contributed by atoms with Crippen LogP contribution in [0.15, 0.2) is 48.5 Å². The van der Waals surface area contributed by atoms with Crippen molar-refractivity contribution in [1.29, 1.82) is 0 Å². The molecule has 0 aromatic heterocycles. The van der Waals surface area contributed by atoms with Gasteiger partial charge in [0.05, 0.1) is 15.8 Å². The monoisotopic (exact) mass is 423 g/mol. The Morgan fingerprint density at radius 3 is 2.21 bits per heavy atom. The van der Waals surface area contributed by atoms with Gasteiger partial charge in [0.2, 0.25) is 0 Å². The fourth-order valence-electron chi connectivity index (χ4n) is 2.52. The van der Waals surface area contributed by atoms with Crippen LogP contribution in [0.25, 0.3) is 0 Å². The predicted octanol–water partition coefficient (Wildman–Crippen LogP) is 4.90. The standard InChI is InChI=1S/C21H26ClNO4S/c1-5-16(4)23(21(24)19-8-6-7-9-20(19)22)14-17-10-12-18(13-11-17)27-28(25,26)15(2)3/h6-13,15-16H,5,14H2,1-4H3. The molecule has 0 aliphatic heterocycles. The molecule has 2 rings (SSSR count). The van der Waals surface area contributed by atoms with E-state index in [-0.39, 0.29) is 17.7 Å².